The molecule has 0 fully saturated rings. The molecule has 2 aromatic rings. The number of nitrogens with zero attached hydrogens (tertiary/aromatic N) is 5. The molecule has 0 bridgehead atoms. The monoisotopic (exact) mass is 192 g/mol. The van der Waals surface area contributed by atoms with Gasteiger partial charge in [0, 0.05) is 0 Å². The first-order chi connectivity index (χ1) is 6.84. The molecule has 8 heteroatoms. The Bertz CT molecular complexity index is 379. The Hall–Kier alpha value is -2.25. The summed E-state index contributed by atoms with van der Waals surface area (Å²) in [6, 6.07) is 3.38. The van der Waals surface area contributed by atoms with Crippen molar-refractivity contribution >= 4 is 11.6 Å². The molecule has 2 rings (SSSR count). The molecule has 4 N–H and O–H groups in total. The van der Waals surface area contributed by atoms with Crippen LogP contribution in [0.25, 0.3) is 0 Å². The summed E-state index contributed by atoms with van der Waals surface area (Å²) in [6.07, 6.45) is 0. The molecule has 14 heavy (non-hydrogen) atoms. The van der Waals surface area contributed by atoms with E-state index in [4.69, 9.17) is 5.73 Å². The molecule has 2 heterocycles. The minimum Gasteiger partial charge on any atom is -0.382 e. The molecule has 0 saturated heterocycles. The van der Waals surface area contributed by atoms with E-state index in [-0.39, 0.29) is 0 Å². The number of hydrogen-bond acceptors (Lipinski definition) is 7. The second-order valence-electron chi connectivity index (χ2n) is 2.53. The van der Waals surface area contributed by atoms with Crippen molar-refractivity contribution in [2.45, 2.75) is 6.54 Å². The third kappa shape index (κ3) is 1.91. The SMILES string of the molecule is Nc1ccc(NCc2nn[nH]n2)nn1. The van der Waals surface area contributed by atoms with E-state index in [9.17, 15) is 0 Å². The Kier molecular flexibility index (Phi) is 2.17. The predicted molar refractivity (Wildman–Crippen MR) is 47.9 cm³/mol. The van der Waals surface area contributed by atoms with Gasteiger partial charge in [0.2, 0.25) is 0 Å². The fraction of sp³-hybridized carbons (Fsp3) is 0.167. The first kappa shape index (κ1) is 8.35. The van der Waals surface area contributed by atoms with E-state index in [0.29, 0.717) is 24.0 Å². The van der Waals surface area contributed by atoms with Gasteiger partial charge in [-0.25, -0.2) is 0 Å². The fourth-order valence-electron chi connectivity index (χ4n) is 0.864. The Balaban J connectivity index is 1.95. The molecule has 0 radical (unpaired) electrons. The summed E-state index contributed by atoms with van der Waals surface area (Å²) in [6.45, 7) is 0.440. The van der Waals surface area contributed by atoms with E-state index in [1.807, 2.05) is 0 Å². The van der Waals surface area contributed by atoms with Crippen LogP contribution in [0.15, 0.2) is 12.1 Å². The van der Waals surface area contributed by atoms with Gasteiger partial charge < -0.3 is 11.1 Å². The number of nitrogen functional groups attached to an aromatic ring is 1. The third-order valence-electron chi connectivity index (χ3n) is 1.50. The molecule has 0 aromatic carbocycles. The molecule has 0 aliphatic rings. The topological polar surface area (TPSA) is 118 Å². The quantitative estimate of drug-likeness (QED) is 0.581. The maximum absolute atomic E-state index is 5.38. The third-order valence-corrected chi connectivity index (χ3v) is 1.50. The zero-order valence-electron chi connectivity index (χ0n) is 7.18. The van der Waals surface area contributed by atoms with Gasteiger partial charge in [-0.3, -0.25) is 0 Å². The average molecular weight is 192 g/mol. The summed E-state index contributed by atoms with van der Waals surface area (Å²) < 4.78 is 0. The van der Waals surface area contributed by atoms with Gasteiger partial charge in [-0.2, -0.15) is 5.21 Å². The number of nitrogens with one attached hydrogen (secondary N) is 2. The van der Waals surface area contributed by atoms with Crippen LogP contribution in [0.4, 0.5) is 11.6 Å². The van der Waals surface area contributed by atoms with E-state index >= 15 is 0 Å². The first-order valence-electron chi connectivity index (χ1n) is 3.90. The van der Waals surface area contributed by atoms with Crippen molar-refractivity contribution in [3.05, 3.63) is 18.0 Å². The van der Waals surface area contributed by atoms with Crippen molar-refractivity contribution < 1.29 is 0 Å². The zero-order valence-corrected chi connectivity index (χ0v) is 7.18. The Morgan fingerprint density at radius 1 is 1.29 bits per heavy atom. The van der Waals surface area contributed by atoms with Crippen LogP contribution < -0.4 is 11.1 Å². The second-order valence-corrected chi connectivity index (χ2v) is 2.53. The second kappa shape index (κ2) is 3.64. The van der Waals surface area contributed by atoms with Crippen molar-refractivity contribution in [2.24, 2.45) is 0 Å². The number of hydrogen-bond donors (Lipinski definition) is 3. The van der Waals surface area contributed by atoms with Gasteiger partial charge in [0.15, 0.2) is 5.82 Å². The Labute approximate surface area is 78.9 Å². The lowest BCUT2D eigenvalue weighted by atomic mass is 10.5. The van der Waals surface area contributed by atoms with Crippen LogP contribution in [-0.2, 0) is 6.54 Å². The van der Waals surface area contributed by atoms with Crippen molar-refractivity contribution in [3.8, 4) is 0 Å². The molecule has 0 spiro atoms. The van der Waals surface area contributed by atoms with Crippen LogP contribution in [0.2, 0.25) is 0 Å². The number of rotatable bonds is 3. The van der Waals surface area contributed by atoms with Gasteiger partial charge in [0.05, 0.1) is 6.54 Å². The minimum atomic E-state index is 0.384. The highest BCUT2D eigenvalue weighted by molar-refractivity contribution is 5.38. The molecule has 0 aliphatic heterocycles. The smallest absolute Gasteiger partial charge is 0.193 e. The molecule has 8 nitrogen and oxygen atoms in total. The van der Waals surface area contributed by atoms with E-state index in [1.165, 1.54) is 0 Å². The highest BCUT2D eigenvalue weighted by Crippen LogP contribution is 2.03. The van der Waals surface area contributed by atoms with E-state index < -0.39 is 0 Å². The summed E-state index contributed by atoms with van der Waals surface area (Å²) in [5.41, 5.74) is 5.38. The van der Waals surface area contributed by atoms with Gasteiger partial charge in [-0.05, 0) is 12.1 Å². The fourth-order valence-corrected chi connectivity index (χ4v) is 0.864. The number of H-pyrrole nitrogens is 1. The largest absolute Gasteiger partial charge is 0.382 e. The molecule has 0 saturated carbocycles. The summed E-state index contributed by atoms with van der Waals surface area (Å²) in [5.74, 6) is 1.56. The van der Waals surface area contributed by atoms with Crippen LogP contribution in [0, 0.1) is 0 Å². The molecule has 0 aliphatic carbocycles. The lowest BCUT2D eigenvalue weighted by molar-refractivity contribution is 0.881. The van der Waals surface area contributed by atoms with Gasteiger partial charge in [0.25, 0.3) is 0 Å². The molecule has 2 aromatic heterocycles. The predicted octanol–water partition coefficient (Wildman–Crippen LogP) is -0.816. The maximum atomic E-state index is 5.38. The van der Waals surface area contributed by atoms with E-state index in [1.54, 1.807) is 12.1 Å². The molecule has 0 unspecified atom stereocenters. The minimum absolute atomic E-state index is 0.384. The number of nitrogens with two attached hydrogens (primary N) is 1. The molecule has 72 valence electrons. The van der Waals surface area contributed by atoms with Crippen LogP contribution in [0.3, 0.4) is 0 Å². The number of aromatic nitrogens is 6. The number of aromatic amines is 1. The molecule has 0 atom stereocenters. The van der Waals surface area contributed by atoms with Crippen molar-refractivity contribution in [3.63, 3.8) is 0 Å². The van der Waals surface area contributed by atoms with Crippen molar-refractivity contribution in [1.29, 1.82) is 0 Å². The summed E-state index contributed by atoms with van der Waals surface area (Å²) >= 11 is 0. The Morgan fingerprint density at radius 3 is 2.86 bits per heavy atom. The van der Waals surface area contributed by atoms with Crippen LogP contribution >= 0.6 is 0 Å². The van der Waals surface area contributed by atoms with E-state index in [2.05, 4.69) is 36.1 Å². The van der Waals surface area contributed by atoms with Crippen LogP contribution in [0.5, 0.6) is 0 Å². The van der Waals surface area contributed by atoms with Crippen LogP contribution in [0.1, 0.15) is 5.82 Å². The Morgan fingerprint density at radius 2 is 2.21 bits per heavy atom. The van der Waals surface area contributed by atoms with Crippen LogP contribution in [-0.4, -0.2) is 30.8 Å². The lowest BCUT2D eigenvalue weighted by Crippen LogP contribution is -2.04. The highest BCUT2D eigenvalue weighted by Gasteiger charge is 1.98. The first-order valence-corrected chi connectivity index (χ1v) is 3.90. The van der Waals surface area contributed by atoms with Gasteiger partial charge in [-0.15, -0.1) is 20.4 Å². The number of anilines is 2. The summed E-state index contributed by atoms with van der Waals surface area (Å²) in [7, 11) is 0. The van der Waals surface area contributed by atoms with Gasteiger partial charge in [0.1, 0.15) is 11.6 Å². The average Bonchev–Trinajstić information content (AvgIpc) is 2.70. The molecular weight excluding hydrogens is 184 g/mol. The van der Waals surface area contributed by atoms with Gasteiger partial charge >= 0.3 is 0 Å². The van der Waals surface area contributed by atoms with E-state index in [0.717, 1.165) is 0 Å². The molecular formula is C6H8N8. The highest BCUT2D eigenvalue weighted by atomic mass is 15.5. The normalized spacial score (nSPS) is 10.0. The van der Waals surface area contributed by atoms with Crippen molar-refractivity contribution in [2.75, 3.05) is 11.1 Å². The summed E-state index contributed by atoms with van der Waals surface area (Å²) in [5, 5.41) is 23.7. The molecule has 0 amide bonds. The maximum Gasteiger partial charge on any atom is 0.193 e. The summed E-state index contributed by atoms with van der Waals surface area (Å²) in [4.78, 5) is 0. The lowest BCUT2D eigenvalue weighted by Gasteiger charge is -2.00. The zero-order chi connectivity index (χ0) is 9.80. The van der Waals surface area contributed by atoms with Gasteiger partial charge in [-0.1, -0.05) is 5.21 Å². The standard InChI is InChI=1S/C6H8N8/c7-4-1-2-5(10-9-4)8-3-6-11-13-14-12-6/h1-2H,3H2,(H2,7,9)(H,8,10)(H,11,12,13,14). The number of tetrazole rings is 1. The van der Waals surface area contributed by atoms with Crippen molar-refractivity contribution in [1.82, 2.24) is 30.8 Å².